The van der Waals surface area contributed by atoms with Crippen molar-refractivity contribution >= 4 is 21.8 Å². The van der Waals surface area contributed by atoms with Crippen LogP contribution in [0.4, 0.5) is 0 Å². The van der Waals surface area contributed by atoms with Crippen molar-refractivity contribution < 1.29 is 0 Å². The highest BCUT2D eigenvalue weighted by atomic mass is 15.0. The van der Waals surface area contributed by atoms with Gasteiger partial charge < -0.3 is 4.57 Å². The van der Waals surface area contributed by atoms with Gasteiger partial charge in [-0.15, -0.1) is 0 Å². The van der Waals surface area contributed by atoms with Gasteiger partial charge in [0.25, 0.3) is 0 Å². The molecule has 0 N–H and O–H groups in total. The fourth-order valence-corrected chi connectivity index (χ4v) is 8.44. The lowest BCUT2D eigenvalue weighted by atomic mass is 9.85. The number of fused-ring (bicyclic) bond motifs is 3. The van der Waals surface area contributed by atoms with Crippen molar-refractivity contribution in [3.05, 3.63) is 199 Å². The molecule has 3 heterocycles. The third kappa shape index (κ3) is 7.72. The zero-order chi connectivity index (χ0) is 43.3. The molecule has 0 unspecified atom stereocenters. The molecule has 0 bridgehead atoms. The Kier molecular flexibility index (Phi) is 9.91. The molecule has 0 saturated carbocycles. The molecule has 0 amide bonds. The summed E-state index contributed by atoms with van der Waals surface area (Å²) in [4.78, 5) is 21.2. The molecule has 0 aliphatic heterocycles. The summed E-state index contributed by atoms with van der Waals surface area (Å²) in [6.45, 7) is 13.7. The standard InChI is InChI=1S/C58H49N5/c1-57(2,3)43-28-31-52-45(34-43)46-35-44(58(4,5)6)29-32-53(46)63(52)54-30-27-42(56-60-48(38-19-11-7-12-20-38)36-49(61-56)39-21-13-8-14-22-39)33-47(54)51-37-50(40-23-15-9-16-24-40)59-55(62-51)41-25-17-10-18-26-41/h7-37H,1-6H3. The van der Waals surface area contributed by atoms with E-state index in [1.165, 1.54) is 21.9 Å². The van der Waals surface area contributed by atoms with Crippen molar-refractivity contribution in [1.82, 2.24) is 24.5 Å². The molecule has 7 aromatic carbocycles. The molecule has 5 nitrogen and oxygen atoms in total. The van der Waals surface area contributed by atoms with Crippen LogP contribution in [-0.2, 0) is 10.8 Å². The van der Waals surface area contributed by atoms with Crippen molar-refractivity contribution in [3.63, 3.8) is 0 Å². The number of hydrogen-bond acceptors (Lipinski definition) is 4. The first kappa shape index (κ1) is 39.6. The van der Waals surface area contributed by atoms with Crippen molar-refractivity contribution in [3.8, 4) is 73.5 Å². The molecular weight excluding hydrogens is 767 g/mol. The van der Waals surface area contributed by atoms with E-state index in [4.69, 9.17) is 19.9 Å². The molecule has 10 aromatic rings. The van der Waals surface area contributed by atoms with E-state index in [1.54, 1.807) is 0 Å². The zero-order valence-electron chi connectivity index (χ0n) is 36.6. The summed E-state index contributed by atoms with van der Waals surface area (Å²) in [5.74, 6) is 1.29. The van der Waals surface area contributed by atoms with Gasteiger partial charge in [-0.2, -0.15) is 0 Å². The Labute approximate surface area is 369 Å². The first-order valence-electron chi connectivity index (χ1n) is 21.7. The van der Waals surface area contributed by atoms with Gasteiger partial charge in [-0.25, -0.2) is 19.9 Å². The van der Waals surface area contributed by atoms with Gasteiger partial charge in [0.2, 0.25) is 0 Å². The van der Waals surface area contributed by atoms with Crippen molar-refractivity contribution in [2.75, 3.05) is 0 Å². The van der Waals surface area contributed by atoms with E-state index in [9.17, 15) is 0 Å². The van der Waals surface area contributed by atoms with Crippen molar-refractivity contribution in [2.45, 2.75) is 52.4 Å². The van der Waals surface area contributed by atoms with Crippen LogP contribution in [0.15, 0.2) is 188 Å². The summed E-state index contributed by atoms with van der Waals surface area (Å²) in [6.07, 6.45) is 0. The van der Waals surface area contributed by atoms with Crippen LogP contribution < -0.4 is 0 Å². The molecule has 0 spiro atoms. The average Bonchev–Trinajstić information content (AvgIpc) is 3.64. The number of hydrogen-bond donors (Lipinski definition) is 0. The Hall–Kier alpha value is -7.50. The van der Waals surface area contributed by atoms with Crippen molar-refractivity contribution in [2.24, 2.45) is 0 Å². The summed E-state index contributed by atoms with van der Waals surface area (Å²) >= 11 is 0. The first-order chi connectivity index (χ1) is 30.5. The summed E-state index contributed by atoms with van der Waals surface area (Å²) in [7, 11) is 0. The van der Waals surface area contributed by atoms with Gasteiger partial charge in [-0.3, -0.25) is 0 Å². The summed E-state index contributed by atoms with van der Waals surface area (Å²) in [5, 5.41) is 2.45. The molecule has 0 radical (unpaired) electrons. The van der Waals surface area contributed by atoms with Gasteiger partial charge in [0.1, 0.15) is 0 Å². The molecule has 0 aliphatic rings. The highest BCUT2D eigenvalue weighted by Gasteiger charge is 2.24. The maximum Gasteiger partial charge on any atom is 0.160 e. The van der Waals surface area contributed by atoms with Gasteiger partial charge >= 0.3 is 0 Å². The van der Waals surface area contributed by atoms with Gasteiger partial charge in [-0.05, 0) is 76.6 Å². The second-order valence-electron chi connectivity index (χ2n) is 18.4. The minimum atomic E-state index is -0.0212. The smallest absolute Gasteiger partial charge is 0.160 e. The van der Waals surface area contributed by atoms with Crippen LogP contribution in [0.1, 0.15) is 52.7 Å². The summed E-state index contributed by atoms with van der Waals surface area (Å²) in [6, 6.07) is 66.1. The second-order valence-corrected chi connectivity index (χ2v) is 18.4. The minimum absolute atomic E-state index is 0.0212. The van der Waals surface area contributed by atoms with E-state index >= 15 is 0 Å². The van der Waals surface area contributed by atoms with Crippen LogP contribution in [-0.4, -0.2) is 24.5 Å². The van der Waals surface area contributed by atoms with Gasteiger partial charge in [0.05, 0.1) is 39.5 Å². The monoisotopic (exact) mass is 815 g/mol. The SMILES string of the molecule is CC(C)(C)c1ccc2c(c1)c1cc(C(C)(C)C)ccc1n2-c1ccc(-c2nc(-c3ccccc3)cc(-c3ccccc3)n2)cc1-c1cc(-c2ccccc2)nc(-c2ccccc2)n1. The normalized spacial score (nSPS) is 12.0. The number of aromatic nitrogens is 5. The maximum atomic E-state index is 5.42. The largest absolute Gasteiger partial charge is 0.309 e. The molecule has 3 aromatic heterocycles. The number of benzene rings is 7. The highest BCUT2D eigenvalue weighted by Crippen LogP contribution is 2.42. The third-order valence-electron chi connectivity index (χ3n) is 12.0. The van der Waals surface area contributed by atoms with E-state index in [0.717, 1.165) is 72.9 Å². The molecular formula is C58H49N5. The fraction of sp³-hybridized carbons (Fsp3) is 0.138. The number of rotatable bonds is 7. The molecule has 0 atom stereocenters. The van der Waals surface area contributed by atoms with Gasteiger partial charge in [0.15, 0.2) is 11.6 Å². The predicted octanol–water partition coefficient (Wildman–Crippen LogP) is 15.0. The second kappa shape index (κ2) is 15.8. The Morgan fingerprint density at radius 2 is 0.714 bits per heavy atom. The quantitative estimate of drug-likeness (QED) is 0.161. The van der Waals surface area contributed by atoms with Crippen LogP contribution in [0.3, 0.4) is 0 Å². The fourth-order valence-electron chi connectivity index (χ4n) is 8.44. The molecule has 0 aliphatic carbocycles. The van der Waals surface area contributed by atoms with E-state index in [2.05, 4.69) is 198 Å². The van der Waals surface area contributed by atoms with E-state index in [0.29, 0.717) is 11.6 Å². The Morgan fingerprint density at radius 3 is 1.14 bits per heavy atom. The Bertz CT molecular complexity index is 3080. The third-order valence-corrected chi connectivity index (χ3v) is 12.0. The molecule has 0 saturated heterocycles. The van der Waals surface area contributed by atoms with E-state index in [-0.39, 0.29) is 10.8 Å². The lowest BCUT2D eigenvalue weighted by molar-refractivity contribution is 0.590. The lowest BCUT2D eigenvalue weighted by Crippen LogP contribution is -2.10. The number of nitrogens with zero attached hydrogens (tertiary/aromatic N) is 5. The maximum absolute atomic E-state index is 5.42. The van der Waals surface area contributed by atoms with Crippen molar-refractivity contribution in [1.29, 1.82) is 0 Å². The minimum Gasteiger partial charge on any atom is -0.309 e. The van der Waals surface area contributed by atoms with Gasteiger partial charge in [-0.1, -0.05) is 175 Å². The van der Waals surface area contributed by atoms with E-state index in [1.807, 2.05) is 36.4 Å². The Morgan fingerprint density at radius 1 is 0.333 bits per heavy atom. The van der Waals surface area contributed by atoms with Crippen LogP contribution >= 0.6 is 0 Å². The molecule has 306 valence electrons. The Balaban J connectivity index is 1.29. The average molecular weight is 816 g/mol. The van der Waals surface area contributed by atoms with E-state index < -0.39 is 0 Å². The molecule has 10 rings (SSSR count). The summed E-state index contributed by atoms with van der Waals surface area (Å²) < 4.78 is 2.42. The van der Waals surface area contributed by atoms with Crippen LogP contribution in [0.25, 0.3) is 95.3 Å². The van der Waals surface area contributed by atoms with Crippen LogP contribution in [0.5, 0.6) is 0 Å². The molecule has 5 heteroatoms. The summed E-state index contributed by atoms with van der Waals surface area (Å²) in [5.41, 5.74) is 15.0. The highest BCUT2D eigenvalue weighted by molar-refractivity contribution is 6.10. The van der Waals surface area contributed by atoms with Crippen LogP contribution in [0.2, 0.25) is 0 Å². The lowest BCUT2D eigenvalue weighted by Gasteiger charge is -2.20. The molecule has 63 heavy (non-hydrogen) atoms. The topological polar surface area (TPSA) is 56.5 Å². The van der Waals surface area contributed by atoms with Gasteiger partial charge in [0, 0.05) is 44.2 Å². The molecule has 0 fully saturated rings. The zero-order valence-corrected chi connectivity index (χ0v) is 36.6. The first-order valence-corrected chi connectivity index (χ1v) is 21.7. The van der Waals surface area contributed by atoms with Crippen LogP contribution in [0, 0.1) is 0 Å². The predicted molar refractivity (Wildman–Crippen MR) is 262 cm³/mol.